The summed E-state index contributed by atoms with van der Waals surface area (Å²) in [7, 11) is 0. The highest BCUT2D eigenvalue weighted by molar-refractivity contribution is 6.23. The Hall–Kier alpha value is -3.09. The summed E-state index contributed by atoms with van der Waals surface area (Å²) in [6.45, 7) is 3.35. The van der Waals surface area contributed by atoms with Gasteiger partial charge in [0, 0.05) is 6.07 Å². The fraction of sp³-hybridized carbons (Fsp3) is 0.211. The van der Waals surface area contributed by atoms with Crippen molar-refractivity contribution in [3.05, 3.63) is 65.2 Å². The van der Waals surface area contributed by atoms with Gasteiger partial charge in [-0.3, -0.25) is 19.3 Å². The van der Waals surface area contributed by atoms with Crippen molar-refractivity contribution in [3.8, 4) is 0 Å². The predicted molar refractivity (Wildman–Crippen MR) is 90.6 cm³/mol. The first-order valence-corrected chi connectivity index (χ1v) is 8.04. The normalized spacial score (nSPS) is 14.6. The van der Waals surface area contributed by atoms with E-state index in [0.717, 1.165) is 17.0 Å². The highest BCUT2D eigenvalue weighted by Crippen LogP contribution is 2.28. The molecule has 1 aliphatic heterocycles. The number of fused-ring (bicyclic) bond motifs is 1. The van der Waals surface area contributed by atoms with E-state index in [2.05, 4.69) is 5.32 Å². The zero-order valence-electron chi connectivity index (χ0n) is 14.1. The molecule has 0 aromatic heterocycles. The summed E-state index contributed by atoms with van der Waals surface area (Å²) in [6.07, 6.45) is 0. The largest absolute Gasteiger partial charge is 0.322 e. The topological polar surface area (TPSA) is 66.5 Å². The third-order valence-electron chi connectivity index (χ3n) is 4.19. The first-order valence-electron chi connectivity index (χ1n) is 8.04. The number of halogens is 2. The number of hydrogen-bond donors (Lipinski definition) is 1. The molecule has 0 bridgehead atoms. The van der Waals surface area contributed by atoms with Gasteiger partial charge in [0.05, 0.1) is 16.8 Å². The van der Waals surface area contributed by atoms with E-state index in [1.54, 1.807) is 26.0 Å². The summed E-state index contributed by atoms with van der Waals surface area (Å²) < 4.78 is 26.8. The van der Waals surface area contributed by atoms with Crippen molar-refractivity contribution in [1.82, 2.24) is 4.90 Å². The lowest BCUT2D eigenvalue weighted by atomic mass is 10.0. The molecule has 0 saturated carbocycles. The first kappa shape index (κ1) is 17.7. The Labute approximate surface area is 148 Å². The summed E-state index contributed by atoms with van der Waals surface area (Å²) in [6, 6.07) is 7.90. The van der Waals surface area contributed by atoms with Crippen molar-refractivity contribution in [2.75, 3.05) is 5.32 Å². The zero-order valence-corrected chi connectivity index (χ0v) is 14.1. The Morgan fingerprint density at radius 1 is 1.00 bits per heavy atom. The lowest BCUT2D eigenvalue weighted by Crippen LogP contribution is -2.50. The van der Waals surface area contributed by atoms with Crippen LogP contribution in [0.5, 0.6) is 0 Å². The van der Waals surface area contributed by atoms with Crippen molar-refractivity contribution in [1.29, 1.82) is 0 Å². The molecule has 0 spiro atoms. The third-order valence-corrected chi connectivity index (χ3v) is 4.19. The number of nitrogens with zero attached hydrogens (tertiary/aromatic N) is 1. The number of anilines is 1. The Balaban J connectivity index is 1.92. The van der Waals surface area contributed by atoms with E-state index in [0.29, 0.717) is 6.07 Å². The van der Waals surface area contributed by atoms with Gasteiger partial charge in [-0.05, 0) is 30.2 Å². The highest BCUT2D eigenvalue weighted by atomic mass is 19.1. The summed E-state index contributed by atoms with van der Waals surface area (Å²) in [5.41, 5.74) is 0.228. The molecule has 0 fully saturated rings. The average Bonchev–Trinajstić information content (AvgIpc) is 2.83. The highest BCUT2D eigenvalue weighted by Gasteiger charge is 2.43. The smallest absolute Gasteiger partial charge is 0.262 e. The monoisotopic (exact) mass is 358 g/mol. The second kappa shape index (κ2) is 6.67. The number of nitrogens with one attached hydrogen (secondary N) is 1. The van der Waals surface area contributed by atoms with E-state index in [-0.39, 0.29) is 16.8 Å². The standard InChI is InChI=1S/C19H16F2N2O3/c1-10(2)16(17(24)22-15-8-7-11(20)9-14(15)21)23-18(25)12-5-3-4-6-13(12)19(23)26/h3-10,16H,1-2H3,(H,22,24). The maximum atomic E-state index is 13.8. The molecule has 5 nitrogen and oxygen atoms in total. The van der Waals surface area contributed by atoms with E-state index in [4.69, 9.17) is 0 Å². The second-order valence-corrected chi connectivity index (χ2v) is 6.33. The van der Waals surface area contributed by atoms with Crippen LogP contribution in [0.4, 0.5) is 14.5 Å². The van der Waals surface area contributed by atoms with E-state index in [9.17, 15) is 23.2 Å². The molecular formula is C19H16F2N2O3. The molecule has 2 aromatic carbocycles. The number of rotatable bonds is 4. The van der Waals surface area contributed by atoms with Crippen LogP contribution in [0.3, 0.4) is 0 Å². The van der Waals surface area contributed by atoms with Crippen molar-refractivity contribution in [2.45, 2.75) is 19.9 Å². The van der Waals surface area contributed by atoms with Gasteiger partial charge in [-0.2, -0.15) is 0 Å². The van der Waals surface area contributed by atoms with E-state index in [1.165, 1.54) is 12.1 Å². The van der Waals surface area contributed by atoms with Crippen LogP contribution in [0.2, 0.25) is 0 Å². The molecule has 0 aliphatic carbocycles. The molecule has 3 rings (SSSR count). The molecule has 0 radical (unpaired) electrons. The van der Waals surface area contributed by atoms with Gasteiger partial charge in [0.25, 0.3) is 11.8 Å². The van der Waals surface area contributed by atoms with Crippen LogP contribution >= 0.6 is 0 Å². The van der Waals surface area contributed by atoms with Crippen LogP contribution in [-0.2, 0) is 4.79 Å². The summed E-state index contributed by atoms with van der Waals surface area (Å²) in [5.74, 6) is -4.00. The summed E-state index contributed by atoms with van der Waals surface area (Å²) in [5, 5.41) is 2.34. The minimum absolute atomic E-state index is 0.223. The zero-order chi connectivity index (χ0) is 19.0. The van der Waals surface area contributed by atoms with E-state index in [1.807, 2.05) is 0 Å². The van der Waals surface area contributed by atoms with Crippen LogP contribution < -0.4 is 5.32 Å². The van der Waals surface area contributed by atoms with Crippen molar-refractivity contribution in [2.24, 2.45) is 5.92 Å². The average molecular weight is 358 g/mol. The summed E-state index contributed by atoms with van der Waals surface area (Å²) in [4.78, 5) is 38.8. The second-order valence-electron chi connectivity index (χ2n) is 6.33. The van der Waals surface area contributed by atoms with E-state index >= 15 is 0 Å². The SMILES string of the molecule is CC(C)C(C(=O)Nc1ccc(F)cc1F)N1C(=O)c2ccccc2C1=O. The van der Waals surface area contributed by atoms with Gasteiger partial charge in [-0.15, -0.1) is 0 Å². The molecule has 1 atom stereocenters. The van der Waals surface area contributed by atoms with Crippen LogP contribution in [0, 0.1) is 17.6 Å². The fourth-order valence-corrected chi connectivity index (χ4v) is 2.98. The Kier molecular flexibility index (Phi) is 4.54. The van der Waals surface area contributed by atoms with E-state index < -0.39 is 41.3 Å². The third kappa shape index (κ3) is 2.96. The Morgan fingerprint density at radius 3 is 2.08 bits per heavy atom. The molecule has 1 aliphatic rings. The van der Waals surface area contributed by atoms with Gasteiger partial charge in [-0.1, -0.05) is 26.0 Å². The van der Waals surface area contributed by atoms with Crippen LogP contribution in [0.15, 0.2) is 42.5 Å². The lowest BCUT2D eigenvalue weighted by Gasteiger charge is -2.28. The van der Waals surface area contributed by atoms with Gasteiger partial charge >= 0.3 is 0 Å². The van der Waals surface area contributed by atoms with Crippen molar-refractivity contribution < 1.29 is 23.2 Å². The number of carbonyl (C=O) groups excluding carboxylic acids is 3. The number of benzene rings is 2. The maximum absolute atomic E-state index is 13.8. The molecule has 134 valence electrons. The molecule has 3 amide bonds. The lowest BCUT2D eigenvalue weighted by molar-refractivity contribution is -0.121. The van der Waals surface area contributed by atoms with Crippen LogP contribution in [0.1, 0.15) is 34.6 Å². The fourth-order valence-electron chi connectivity index (χ4n) is 2.98. The molecular weight excluding hydrogens is 342 g/mol. The maximum Gasteiger partial charge on any atom is 0.262 e. The number of hydrogen-bond acceptors (Lipinski definition) is 3. The molecule has 26 heavy (non-hydrogen) atoms. The Morgan fingerprint density at radius 2 is 1.58 bits per heavy atom. The van der Waals surface area contributed by atoms with Crippen LogP contribution in [-0.4, -0.2) is 28.7 Å². The van der Waals surface area contributed by atoms with Gasteiger partial charge in [0.1, 0.15) is 17.7 Å². The van der Waals surface area contributed by atoms with Gasteiger partial charge in [0.15, 0.2) is 0 Å². The molecule has 7 heteroatoms. The molecule has 1 heterocycles. The molecule has 1 unspecified atom stereocenters. The van der Waals surface area contributed by atoms with Crippen molar-refractivity contribution >= 4 is 23.4 Å². The Bertz CT molecular complexity index is 876. The van der Waals surface area contributed by atoms with Gasteiger partial charge < -0.3 is 5.32 Å². The number of amides is 3. The minimum Gasteiger partial charge on any atom is -0.322 e. The van der Waals surface area contributed by atoms with Gasteiger partial charge in [-0.25, -0.2) is 8.78 Å². The summed E-state index contributed by atoms with van der Waals surface area (Å²) >= 11 is 0. The molecule has 1 N–H and O–H groups in total. The first-order chi connectivity index (χ1) is 12.3. The quantitative estimate of drug-likeness (QED) is 0.854. The minimum atomic E-state index is -1.13. The molecule has 0 saturated heterocycles. The predicted octanol–water partition coefficient (Wildman–Crippen LogP) is 3.22. The van der Waals surface area contributed by atoms with Crippen molar-refractivity contribution in [3.63, 3.8) is 0 Å². The molecule has 2 aromatic rings. The van der Waals surface area contributed by atoms with Gasteiger partial charge in [0.2, 0.25) is 5.91 Å². The number of imide groups is 1. The number of carbonyl (C=O) groups is 3. The van der Waals surface area contributed by atoms with Crippen LogP contribution in [0.25, 0.3) is 0 Å².